The van der Waals surface area contributed by atoms with Gasteiger partial charge in [0.05, 0.1) is 5.37 Å². The molecule has 0 aromatic heterocycles. The molecule has 0 heterocycles. The van der Waals surface area contributed by atoms with E-state index in [0.29, 0.717) is 0 Å². The average Bonchev–Trinajstić information content (AvgIpc) is 2.16. The third kappa shape index (κ3) is 3.77. The molecule has 0 saturated carbocycles. The van der Waals surface area contributed by atoms with Crippen LogP contribution < -0.4 is 10.6 Å². The third-order valence-corrected chi connectivity index (χ3v) is 3.18. The molecule has 1 aromatic rings. The van der Waals surface area contributed by atoms with Crippen molar-refractivity contribution in [2.45, 2.75) is 31.0 Å². The number of nitrogens with one attached hydrogen (secondary N) is 2. The second-order valence-corrected chi connectivity index (χ2v) is 5.09. The van der Waals surface area contributed by atoms with Crippen LogP contribution in [0.1, 0.15) is 19.4 Å². The van der Waals surface area contributed by atoms with E-state index in [2.05, 4.69) is 35.8 Å². The summed E-state index contributed by atoms with van der Waals surface area (Å²) < 4.78 is 0. The van der Waals surface area contributed by atoms with Crippen molar-refractivity contribution < 1.29 is 4.79 Å². The highest BCUT2D eigenvalue weighted by Crippen LogP contribution is 2.30. The maximum Gasteiger partial charge on any atom is 0.217 e. The summed E-state index contributed by atoms with van der Waals surface area (Å²) in [7, 11) is 1.90. The van der Waals surface area contributed by atoms with Crippen LogP contribution in [0, 0.1) is 6.92 Å². The molecule has 1 unspecified atom stereocenters. The highest BCUT2D eigenvalue weighted by atomic mass is 32.2. The molecule has 0 spiro atoms. The topological polar surface area (TPSA) is 41.1 Å². The first kappa shape index (κ1) is 12.9. The number of aryl methyl sites for hydroxylation is 1. The summed E-state index contributed by atoms with van der Waals surface area (Å²) in [5, 5.41) is 6.08. The summed E-state index contributed by atoms with van der Waals surface area (Å²) >= 11 is 1.64. The number of thioether (sulfide) groups is 1. The van der Waals surface area contributed by atoms with Crippen LogP contribution in [0.4, 0.5) is 5.69 Å². The van der Waals surface area contributed by atoms with Gasteiger partial charge in [-0.1, -0.05) is 17.8 Å². The number of rotatable bonds is 4. The predicted molar refractivity (Wildman–Crippen MR) is 69.9 cm³/mol. The molecular weight excluding hydrogens is 220 g/mol. The maximum absolute atomic E-state index is 10.9. The molecule has 2 N–H and O–H groups in total. The molecule has 3 nitrogen and oxygen atoms in total. The van der Waals surface area contributed by atoms with Crippen LogP contribution in [0.2, 0.25) is 0 Å². The van der Waals surface area contributed by atoms with E-state index in [1.165, 1.54) is 12.5 Å². The first-order valence-electron chi connectivity index (χ1n) is 5.25. The Morgan fingerprint density at radius 2 is 2.12 bits per heavy atom. The predicted octanol–water partition coefficient (Wildman–Crippen LogP) is 2.61. The Kier molecular flexibility index (Phi) is 4.68. The largest absolute Gasteiger partial charge is 0.387 e. The Labute approximate surface area is 101 Å². The lowest BCUT2D eigenvalue weighted by molar-refractivity contribution is -0.119. The highest BCUT2D eigenvalue weighted by Gasteiger charge is 2.08. The zero-order valence-corrected chi connectivity index (χ0v) is 10.9. The fourth-order valence-corrected chi connectivity index (χ4v) is 2.60. The van der Waals surface area contributed by atoms with Crippen molar-refractivity contribution >= 4 is 23.4 Å². The second kappa shape index (κ2) is 5.80. The second-order valence-electron chi connectivity index (χ2n) is 3.71. The minimum Gasteiger partial charge on any atom is -0.387 e. The van der Waals surface area contributed by atoms with E-state index in [1.54, 1.807) is 11.8 Å². The zero-order valence-electron chi connectivity index (χ0n) is 10.1. The van der Waals surface area contributed by atoms with Gasteiger partial charge in [-0.25, -0.2) is 0 Å². The Morgan fingerprint density at radius 3 is 2.69 bits per heavy atom. The molecule has 1 amide bonds. The smallest absolute Gasteiger partial charge is 0.217 e. The molecule has 0 aliphatic carbocycles. The summed E-state index contributed by atoms with van der Waals surface area (Å²) in [5.74, 6) is -0.00124. The summed E-state index contributed by atoms with van der Waals surface area (Å²) in [4.78, 5) is 12.1. The molecule has 0 aliphatic heterocycles. The van der Waals surface area contributed by atoms with Gasteiger partial charge in [0, 0.05) is 24.6 Å². The van der Waals surface area contributed by atoms with Crippen LogP contribution in [-0.2, 0) is 4.79 Å². The van der Waals surface area contributed by atoms with Crippen LogP contribution in [0.25, 0.3) is 0 Å². The van der Waals surface area contributed by atoms with E-state index in [1.807, 2.05) is 14.0 Å². The Morgan fingerprint density at radius 1 is 1.44 bits per heavy atom. The van der Waals surface area contributed by atoms with Crippen LogP contribution >= 0.6 is 11.8 Å². The van der Waals surface area contributed by atoms with Gasteiger partial charge in [-0.15, -0.1) is 0 Å². The van der Waals surface area contributed by atoms with Gasteiger partial charge in [0.2, 0.25) is 5.91 Å². The molecule has 88 valence electrons. The van der Waals surface area contributed by atoms with E-state index in [-0.39, 0.29) is 11.3 Å². The number of benzene rings is 1. The highest BCUT2D eigenvalue weighted by molar-refractivity contribution is 8.00. The summed E-state index contributed by atoms with van der Waals surface area (Å²) in [5.41, 5.74) is 2.31. The fraction of sp³-hybridized carbons (Fsp3) is 0.417. The Balaban J connectivity index is 2.78. The number of amides is 1. The number of carbonyl (C=O) groups is 1. The monoisotopic (exact) mass is 238 g/mol. The van der Waals surface area contributed by atoms with Crippen LogP contribution in [0.15, 0.2) is 23.1 Å². The molecule has 0 bridgehead atoms. The van der Waals surface area contributed by atoms with Gasteiger partial charge < -0.3 is 10.6 Å². The molecule has 0 saturated heterocycles. The number of hydrogen-bond donors (Lipinski definition) is 2. The van der Waals surface area contributed by atoms with Crippen molar-refractivity contribution in [3.8, 4) is 0 Å². The number of anilines is 1. The van der Waals surface area contributed by atoms with Gasteiger partial charge in [0.15, 0.2) is 0 Å². The Hall–Kier alpha value is -1.16. The van der Waals surface area contributed by atoms with Gasteiger partial charge in [-0.2, -0.15) is 0 Å². The standard InChI is InChI=1S/C12H18N2OS/c1-8-5-6-11(13-4)12(7-8)16-10(3)14-9(2)15/h5-7,10,13H,1-4H3,(H,14,15). The lowest BCUT2D eigenvalue weighted by Gasteiger charge is -2.15. The molecule has 1 aromatic carbocycles. The minimum absolute atomic E-state index is 0.00124. The molecule has 0 fully saturated rings. The molecule has 1 rings (SSSR count). The average molecular weight is 238 g/mol. The normalized spacial score (nSPS) is 12.0. The lowest BCUT2D eigenvalue weighted by atomic mass is 10.2. The zero-order chi connectivity index (χ0) is 12.1. The number of carbonyl (C=O) groups excluding carboxylic acids is 1. The van der Waals surface area contributed by atoms with E-state index in [4.69, 9.17) is 0 Å². The van der Waals surface area contributed by atoms with E-state index < -0.39 is 0 Å². The third-order valence-electron chi connectivity index (χ3n) is 2.12. The van der Waals surface area contributed by atoms with Gasteiger partial charge in [0.1, 0.15) is 0 Å². The summed E-state index contributed by atoms with van der Waals surface area (Å²) in [6.45, 7) is 5.58. The van der Waals surface area contributed by atoms with Gasteiger partial charge >= 0.3 is 0 Å². The summed E-state index contributed by atoms with van der Waals surface area (Å²) in [6, 6.07) is 6.24. The fourth-order valence-electron chi connectivity index (χ4n) is 1.44. The molecule has 0 aliphatic rings. The molecule has 4 heteroatoms. The van der Waals surface area contributed by atoms with Crippen molar-refractivity contribution in [3.05, 3.63) is 23.8 Å². The lowest BCUT2D eigenvalue weighted by Crippen LogP contribution is -2.27. The van der Waals surface area contributed by atoms with Crippen molar-refractivity contribution in [3.63, 3.8) is 0 Å². The van der Waals surface area contributed by atoms with E-state index in [9.17, 15) is 4.79 Å². The number of hydrogen-bond acceptors (Lipinski definition) is 3. The van der Waals surface area contributed by atoms with Crippen molar-refractivity contribution in [1.82, 2.24) is 5.32 Å². The van der Waals surface area contributed by atoms with E-state index >= 15 is 0 Å². The van der Waals surface area contributed by atoms with Crippen molar-refractivity contribution in [2.75, 3.05) is 12.4 Å². The first-order chi connectivity index (χ1) is 7.52. The summed E-state index contributed by atoms with van der Waals surface area (Å²) in [6.07, 6.45) is 0. The quantitative estimate of drug-likeness (QED) is 0.626. The van der Waals surface area contributed by atoms with Crippen LogP contribution in [0.5, 0.6) is 0 Å². The molecule has 16 heavy (non-hydrogen) atoms. The van der Waals surface area contributed by atoms with Gasteiger partial charge in [0.25, 0.3) is 0 Å². The van der Waals surface area contributed by atoms with Crippen LogP contribution in [-0.4, -0.2) is 18.3 Å². The van der Waals surface area contributed by atoms with E-state index in [0.717, 1.165) is 10.6 Å². The van der Waals surface area contributed by atoms with Crippen molar-refractivity contribution in [2.24, 2.45) is 0 Å². The van der Waals surface area contributed by atoms with Gasteiger partial charge in [-0.05, 0) is 31.5 Å². The molecular formula is C12H18N2OS. The Bertz CT molecular complexity index is 379. The molecule has 0 radical (unpaired) electrons. The van der Waals surface area contributed by atoms with Gasteiger partial charge in [-0.3, -0.25) is 4.79 Å². The van der Waals surface area contributed by atoms with Crippen LogP contribution in [0.3, 0.4) is 0 Å². The maximum atomic E-state index is 10.9. The molecule has 1 atom stereocenters. The minimum atomic E-state index is -0.00124. The first-order valence-corrected chi connectivity index (χ1v) is 6.13. The van der Waals surface area contributed by atoms with Crippen molar-refractivity contribution in [1.29, 1.82) is 0 Å². The SMILES string of the molecule is CNc1ccc(C)cc1SC(C)NC(C)=O.